The zero-order valence-corrected chi connectivity index (χ0v) is 9.77. The van der Waals surface area contributed by atoms with E-state index in [-0.39, 0.29) is 12.8 Å². The molecule has 0 aromatic rings. The smallest absolute Gasteiger partial charge is 0.359 e. The van der Waals surface area contributed by atoms with Gasteiger partial charge in [-0.2, -0.15) is 30.4 Å². The third kappa shape index (κ3) is 3.29. The maximum atomic E-state index is 13.1. The van der Waals surface area contributed by atoms with E-state index in [1.165, 1.54) is 0 Å². The first-order valence-corrected chi connectivity index (χ1v) is 6.47. The fourth-order valence-corrected chi connectivity index (χ4v) is 2.16. The molecule has 0 spiro atoms. The van der Waals surface area contributed by atoms with Crippen LogP contribution in [0, 0.1) is 0 Å². The van der Waals surface area contributed by atoms with Gasteiger partial charge in [-0.15, -0.1) is 0 Å². The lowest BCUT2D eigenvalue weighted by molar-refractivity contribution is -0.275. The molecule has 0 aromatic carbocycles. The largest absolute Gasteiger partial charge is 0.421 e. The quantitative estimate of drug-likeness (QED) is 0.639. The SMILES string of the molecule is O=S(=O)(O)C(F)(F)C(OC1CCCC1)C(F)(F)F. The molecule has 0 radical (unpaired) electrons. The fraction of sp³-hybridized carbons (Fsp3) is 1.00. The van der Waals surface area contributed by atoms with Gasteiger partial charge in [0.25, 0.3) is 0 Å². The van der Waals surface area contributed by atoms with E-state index in [1.807, 2.05) is 0 Å². The third-order valence-corrected chi connectivity index (χ3v) is 3.48. The van der Waals surface area contributed by atoms with Crippen LogP contribution in [0.4, 0.5) is 22.0 Å². The number of alkyl halides is 5. The fourth-order valence-electron chi connectivity index (χ4n) is 1.70. The molecule has 0 bridgehead atoms. The monoisotopic (exact) mass is 298 g/mol. The van der Waals surface area contributed by atoms with E-state index in [1.54, 1.807) is 0 Å². The molecule has 0 aromatic heterocycles. The highest BCUT2D eigenvalue weighted by Crippen LogP contribution is 2.40. The Morgan fingerprint density at radius 1 is 1.11 bits per heavy atom. The molecule has 1 aliphatic rings. The lowest BCUT2D eigenvalue weighted by atomic mass is 10.3. The second kappa shape index (κ2) is 4.89. The van der Waals surface area contributed by atoms with E-state index in [0.29, 0.717) is 12.8 Å². The first-order valence-electron chi connectivity index (χ1n) is 5.03. The summed E-state index contributed by atoms with van der Waals surface area (Å²) in [5.74, 6) is 0. The topological polar surface area (TPSA) is 63.6 Å². The summed E-state index contributed by atoms with van der Waals surface area (Å²) in [5.41, 5.74) is 0. The molecule has 10 heteroatoms. The number of hydrogen-bond donors (Lipinski definition) is 1. The molecule has 1 rings (SSSR count). The summed E-state index contributed by atoms with van der Waals surface area (Å²) in [6, 6.07) is 0. The predicted molar refractivity (Wildman–Crippen MR) is 49.7 cm³/mol. The van der Waals surface area contributed by atoms with Crippen molar-refractivity contribution in [3.8, 4) is 0 Å². The van der Waals surface area contributed by atoms with Crippen molar-refractivity contribution in [1.82, 2.24) is 0 Å². The van der Waals surface area contributed by atoms with Gasteiger partial charge in [0.05, 0.1) is 6.10 Å². The molecule has 1 saturated carbocycles. The Morgan fingerprint density at radius 3 is 1.89 bits per heavy atom. The van der Waals surface area contributed by atoms with Crippen LogP contribution in [-0.2, 0) is 14.9 Å². The number of ether oxygens (including phenoxy) is 1. The van der Waals surface area contributed by atoms with Gasteiger partial charge in [0.15, 0.2) is 0 Å². The van der Waals surface area contributed by atoms with Crippen LogP contribution in [0.25, 0.3) is 0 Å². The van der Waals surface area contributed by atoms with Gasteiger partial charge in [-0.3, -0.25) is 4.55 Å². The summed E-state index contributed by atoms with van der Waals surface area (Å²) >= 11 is 0. The lowest BCUT2D eigenvalue weighted by Crippen LogP contribution is -2.52. The lowest BCUT2D eigenvalue weighted by Gasteiger charge is -2.28. The van der Waals surface area contributed by atoms with Crippen molar-refractivity contribution in [2.75, 3.05) is 0 Å². The average Bonchev–Trinajstić information content (AvgIpc) is 2.62. The van der Waals surface area contributed by atoms with Crippen LogP contribution < -0.4 is 0 Å². The molecule has 4 nitrogen and oxygen atoms in total. The average molecular weight is 298 g/mol. The molecule has 0 amide bonds. The van der Waals surface area contributed by atoms with Crippen molar-refractivity contribution in [3.63, 3.8) is 0 Å². The van der Waals surface area contributed by atoms with Crippen LogP contribution in [0.2, 0.25) is 0 Å². The number of rotatable bonds is 4. The van der Waals surface area contributed by atoms with Gasteiger partial charge in [0, 0.05) is 0 Å². The third-order valence-electron chi connectivity index (χ3n) is 2.58. The van der Waals surface area contributed by atoms with Crippen molar-refractivity contribution in [1.29, 1.82) is 0 Å². The molecule has 1 aliphatic carbocycles. The molecule has 1 fully saturated rings. The van der Waals surface area contributed by atoms with Crippen molar-refractivity contribution in [3.05, 3.63) is 0 Å². The molecule has 1 unspecified atom stereocenters. The first-order chi connectivity index (χ1) is 7.96. The highest BCUT2D eigenvalue weighted by molar-refractivity contribution is 7.86. The Hall–Kier alpha value is -0.480. The Kier molecular flexibility index (Phi) is 4.23. The van der Waals surface area contributed by atoms with Crippen LogP contribution >= 0.6 is 0 Å². The maximum Gasteiger partial charge on any atom is 0.421 e. The molecule has 108 valence electrons. The van der Waals surface area contributed by atoms with E-state index in [0.717, 1.165) is 0 Å². The number of halogens is 5. The Balaban J connectivity index is 2.98. The van der Waals surface area contributed by atoms with Gasteiger partial charge in [-0.25, -0.2) is 0 Å². The number of hydrogen-bond acceptors (Lipinski definition) is 3. The minimum atomic E-state index is -6.20. The molecular formula is C8H11F5O4S. The summed E-state index contributed by atoms with van der Waals surface area (Å²) in [6.45, 7) is 0. The Bertz CT molecular complexity index is 385. The summed E-state index contributed by atoms with van der Waals surface area (Å²) in [4.78, 5) is 0. The standard InChI is InChI=1S/C8H11F5O4S/c9-7(10,11)6(8(12,13)18(14,15)16)17-5-3-1-2-4-5/h5-6H,1-4H2,(H,14,15,16). The minimum absolute atomic E-state index is 0.147. The van der Waals surface area contributed by atoms with Gasteiger partial charge in [0.2, 0.25) is 6.10 Å². The van der Waals surface area contributed by atoms with Crippen molar-refractivity contribution < 1.29 is 39.7 Å². The summed E-state index contributed by atoms with van der Waals surface area (Å²) in [7, 11) is -6.20. The Labute approximate surface area is 99.9 Å². The second-order valence-corrected chi connectivity index (χ2v) is 5.50. The molecule has 0 saturated heterocycles. The summed E-state index contributed by atoms with van der Waals surface area (Å²) in [5, 5.41) is -5.42. The van der Waals surface area contributed by atoms with E-state index in [4.69, 9.17) is 4.55 Å². The summed E-state index contributed by atoms with van der Waals surface area (Å²) < 4.78 is 96.4. The van der Waals surface area contributed by atoms with Crippen LogP contribution in [-0.4, -0.2) is 36.6 Å². The van der Waals surface area contributed by atoms with Gasteiger partial charge < -0.3 is 4.74 Å². The molecule has 1 N–H and O–H groups in total. The highest BCUT2D eigenvalue weighted by Gasteiger charge is 2.64. The van der Waals surface area contributed by atoms with Gasteiger partial charge in [0.1, 0.15) is 0 Å². The van der Waals surface area contributed by atoms with Gasteiger partial charge in [-0.1, -0.05) is 12.8 Å². The van der Waals surface area contributed by atoms with E-state index >= 15 is 0 Å². The van der Waals surface area contributed by atoms with Crippen LogP contribution in [0.5, 0.6) is 0 Å². The van der Waals surface area contributed by atoms with Crippen molar-refractivity contribution in [2.45, 2.75) is 49.3 Å². The molecule has 1 atom stereocenters. The van der Waals surface area contributed by atoms with Crippen molar-refractivity contribution in [2.24, 2.45) is 0 Å². The molecule has 0 heterocycles. The zero-order chi connectivity index (χ0) is 14.2. The van der Waals surface area contributed by atoms with Crippen molar-refractivity contribution >= 4 is 10.1 Å². The Morgan fingerprint density at radius 2 is 1.56 bits per heavy atom. The second-order valence-electron chi connectivity index (χ2n) is 4.00. The van der Waals surface area contributed by atoms with E-state index in [9.17, 15) is 30.4 Å². The normalized spacial score (nSPS) is 21.2. The van der Waals surface area contributed by atoms with E-state index in [2.05, 4.69) is 4.74 Å². The van der Waals surface area contributed by atoms with E-state index < -0.39 is 33.8 Å². The molecule has 0 aliphatic heterocycles. The van der Waals surface area contributed by atoms with Gasteiger partial charge >= 0.3 is 21.5 Å². The van der Waals surface area contributed by atoms with Gasteiger partial charge in [-0.05, 0) is 12.8 Å². The minimum Gasteiger partial charge on any atom is -0.359 e. The van der Waals surface area contributed by atoms with Crippen LogP contribution in [0.15, 0.2) is 0 Å². The maximum absolute atomic E-state index is 13.1. The first kappa shape index (κ1) is 15.6. The van der Waals surface area contributed by atoms with Crippen LogP contribution in [0.3, 0.4) is 0 Å². The zero-order valence-electron chi connectivity index (χ0n) is 8.95. The predicted octanol–water partition coefficient (Wildman–Crippen LogP) is 2.36. The highest BCUT2D eigenvalue weighted by atomic mass is 32.2. The summed E-state index contributed by atoms with van der Waals surface area (Å²) in [6.07, 6.45) is -9.20. The van der Waals surface area contributed by atoms with Crippen LogP contribution in [0.1, 0.15) is 25.7 Å². The molecule has 18 heavy (non-hydrogen) atoms. The molecular weight excluding hydrogens is 287 g/mol.